The first kappa shape index (κ1) is 23.0. The standard InChI is InChI=1S/C26H26ClN3O3/c27-19-8-11-21-22(16-19)30-25(33)23(21)24(17-4-2-1-3-5-17)29-20-9-6-18(7-10-20)26(28,12-14-31)13-15-32/h1-11,16,29,31-32H,12-15,28H2,(H,30,33)/b24-23-. The SMILES string of the molecule is NC(CCO)(CCO)c1ccc(N/C(=C2\C(=O)Nc3cc(Cl)ccc32)c2ccccc2)cc1. The fourth-order valence-corrected chi connectivity index (χ4v) is 4.29. The minimum absolute atomic E-state index is 0.0701. The van der Waals surface area contributed by atoms with Crippen molar-refractivity contribution in [1.82, 2.24) is 0 Å². The topological polar surface area (TPSA) is 108 Å². The van der Waals surface area contributed by atoms with Crippen LogP contribution < -0.4 is 16.4 Å². The van der Waals surface area contributed by atoms with E-state index in [9.17, 15) is 15.0 Å². The molecule has 1 aliphatic heterocycles. The van der Waals surface area contributed by atoms with Gasteiger partial charge in [-0.15, -0.1) is 0 Å². The number of nitrogens with one attached hydrogen (secondary N) is 2. The Kier molecular flexibility index (Phi) is 6.81. The summed E-state index contributed by atoms with van der Waals surface area (Å²) in [6.07, 6.45) is 0.693. The fourth-order valence-electron chi connectivity index (χ4n) is 4.12. The molecule has 7 heteroatoms. The summed E-state index contributed by atoms with van der Waals surface area (Å²) < 4.78 is 0. The molecule has 33 heavy (non-hydrogen) atoms. The molecule has 6 N–H and O–H groups in total. The summed E-state index contributed by atoms with van der Waals surface area (Å²) in [7, 11) is 0. The van der Waals surface area contributed by atoms with Gasteiger partial charge < -0.3 is 26.6 Å². The molecule has 0 spiro atoms. The van der Waals surface area contributed by atoms with Crippen LogP contribution in [-0.4, -0.2) is 29.3 Å². The van der Waals surface area contributed by atoms with Gasteiger partial charge in [-0.1, -0.05) is 60.1 Å². The lowest BCUT2D eigenvalue weighted by Gasteiger charge is -2.29. The summed E-state index contributed by atoms with van der Waals surface area (Å²) in [5.74, 6) is -0.206. The minimum Gasteiger partial charge on any atom is -0.396 e. The predicted molar refractivity (Wildman–Crippen MR) is 133 cm³/mol. The van der Waals surface area contributed by atoms with E-state index in [2.05, 4.69) is 10.6 Å². The van der Waals surface area contributed by atoms with Gasteiger partial charge in [0, 0.05) is 35.0 Å². The van der Waals surface area contributed by atoms with E-state index in [1.54, 1.807) is 12.1 Å². The highest BCUT2D eigenvalue weighted by molar-refractivity contribution is 6.38. The van der Waals surface area contributed by atoms with Gasteiger partial charge in [0.15, 0.2) is 0 Å². The number of rotatable bonds is 8. The van der Waals surface area contributed by atoms with Crippen molar-refractivity contribution in [1.29, 1.82) is 0 Å². The maximum atomic E-state index is 13.0. The third-order valence-corrected chi connectivity index (χ3v) is 6.12. The highest BCUT2D eigenvalue weighted by Gasteiger charge is 2.29. The summed E-state index contributed by atoms with van der Waals surface area (Å²) in [6, 6.07) is 22.5. The lowest BCUT2D eigenvalue weighted by Crippen LogP contribution is -2.38. The Balaban J connectivity index is 1.75. The third-order valence-electron chi connectivity index (χ3n) is 5.88. The molecule has 6 nitrogen and oxygen atoms in total. The summed E-state index contributed by atoms with van der Waals surface area (Å²) in [6.45, 7) is -0.140. The Bertz CT molecular complexity index is 1170. The first-order chi connectivity index (χ1) is 15.9. The summed E-state index contributed by atoms with van der Waals surface area (Å²) in [4.78, 5) is 13.0. The monoisotopic (exact) mass is 463 g/mol. The lowest BCUT2D eigenvalue weighted by atomic mass is 9.85. The highest BCUT2D eigenvalue weighted by Crippen LogP contribution is 2.39. The Labute approximate surface area is 197 Å². The number of aliphatic hydroxyl groups is 2. The van der Waals surface area contributed by atoms with E-state index in [1.165, 1.54) is 0 Å². The Morgan fingerprint density at radius 2 is 1.64 bits per heavy atom. The molecule has 170 valence electrons. The molecule has 0 atom stereocenters. The fraction of sp³-hybridized carbons (Fsp3) is 0.192. The molecule has 0 saturated carbocycles. The molecule has 0 aliphatic carbocycles. The van der Waals surface area contributed by atoms with E-state index >= 15 is 0 Å². The van der Waals surface area contributed by atoms with Crippen molar-refractivity contribution in [2.45, 2.75) is 18.4 Å². The maximum absolute atomic E-state index is 13.0. The van der Waals surface area contributed by atoms with Crippen LogP contribution in [0.4, 0.5) is 11.4 Å². The molecule has 0 bridgehead atoms. The van der Waals surface area contributed by atoms with E-state index in [0.29, 0.717) is 34.8 Å². The van der Waals surface area contributed by atoms with Crippen LogP contribution >= 0.6 is 11.6 Å². The van der Waals surface area contributed by atoms with Gasteiger partial charge in [-0.25, -0.2) is 0 Å². The smallest absolute Gasteiger partial charge is 0.258 e. The first-order valence-corrected chi connectivity index (χ1v) is 11.1. The molecule has 3 aromatic rings. The second-order valence-corrected chi connectivity index (χ2v) is 8.50. The van der Waals surface area contributed by atoms with Gasteiger partial charge in [0.2, 0.25) is 0 Å². The second-order valence-electron chi connectivity index (χ2n) is 8.07. The third kappa shape index (κ3) is 4.79. The largest absolute Gasteiger partial charge is 0.396 e. The van der Waals surface area contributed by atoms with Crippen LogP contribution in [0.2, 0.25) is 5.02 Å². The van der Waals surface area contributed by atoms with E-state index in [0.717, 1.165) is 22.4 Å². The van der Waals surface area contributed by atoms with Gasteiger partial charge in [-0.05, 0) is 48.2 Å². The quantitative estimate of drug-likeness (QED) is 0.322. The Morgan fingerprint density at radius 3 is 2.27 bits per heavy atom. The zero-order valence-electron chi connectivity index (χ0n) is 18.0. The number of anilines is 2. The summed E-state index contributed by atoms with van der Waals surface area (Å²) in [5.41, 5.74) is 10.8. The van der Waals surface area contributed by atoms with Gasteiger partial charge in [0.25, 0.3) is 5.91 Å². The van der Waals surface area contributed by atoms with Crippen LogP contribution in [0.3, 0.4) is 0 Å². The van der Waals surface area contributed by atoms with Crippen molar-refractivity contribution in [2.75, 3.05) is 23.8 Å². The summed E-state index contributed by atoms with van der Waals surface area (Å²) in [5, 5.41) is 25.7. The number of halogens is 1. The molecule has 0 fully saturated rings. The van der Waals surface area contributed by atoms with Crippen molar-refractivity contribution >= 4 is 40.2 Å². The zero-order chi connectivity index (χ0) is 23.4. The molecule has 0 unspecified atom stereocenters. The average Bonchev–Trinajstić information content (AvgIpc) is 3.13. The van der Waals surface area contributed by atoms with E-state index < -0.39 is 5.54 Å². The Morgan fingerprint density at radius 1 is 0.970 bits per heavy atom. The molecule has 0 saturated heterocycles. The number of nitrogens with two attached hydrogens (primary N) is 1. The van der Waals surface area contributed by atoms with Gasteiger partial charge in [-0.2, -0.15) is 0 Å². The van der Waals surface area contributed by atoms with Crippen LogP contribution in [0.15, 0.2) is 72.8 Å². The number of carbonyl (C=O) groups excluding carboxylic acids is 1. The molecule has 0 aromatic heterocycles. The van der Waals surface area contributed by atoms with Crippen LogP contribution in [0.1, 0.15) is 29.5 Å². The molecule has 0 radical (unpaired) electrons. The number of hydrogen-bond acceptors (Lipinski definition) is 5. The number of aliphatic hydroxyl groups excluding tert-OH is 2. The van der Waals surface area contributed by atoms with Crippen LogP contribution in [0.25, 0.3) is 11.3 Å². The highest BCUT2D eigenvalue weighted by atomic mass is 35.5. The minimum atomic E-state index is -0.813. The normalized spacial score (nSPS) is 14.6. The van der Waals surface area contributed by atoms with Crippen molar-refractivity contribution in [3.63, 3.8) is 0 Å². The molecule has 4 rings (SSSR count). The molecule has 3 aromatic carbocycles. The predicted octanol–water partition coefficient (Wildman–Crippen LogP) is 4.19. The molecule has 1 aliphatic rings. The first-order valence-electron chi connectivity index (χ1n) is 10.7. The number of carbonyl (C=O) groups is 1. The number of amides is 1. The van der Waals surface area contributed by atoms with Crippen molar-refractivity contribution in [3.05, 3.63) is 94.5 Å². The average molecular weight is 464 g/mol. The van der Waals surface area contributed by atoms with Gasteiger partial charge in [0.1, 0.15) is 0 Å². The molecular formula is C26H26ClN3O3. The van der Waals surface area contributed by atoms with Crippen molar-refractivity contribution < 1.29 is 15.0 Å². The van der Waals surface area contributed by atoms with E-state index in [1.807, 2.05) is 60.7 Å². The summed E-state index contributed by atoms with van der Waals surface area (Å²) >= 11 is 6.12. The number of hydrogen-bond donors (Lipinski definition) is 5. The van der Waals surface area contributed by atoms with Gasteiger partial charge >= 0.3 is 0 Å². The van der Waals surface area contributed by atoms with Gasteiger partial charge in [0.05, 0.1) is 17.0 Å². The molecule has 1 heterocycles. The maximum Gasteiger partial charge on any atom is 0.258 e. The Hall–Kier alpha value is -3.16. The van der Waals surface area contributed by atoms with E-state index in [-0.39, 0.29) is 19.1 Å². The van der Waals surface area contributed by atoms with Crippen LogP contribution in [0.5, 0.6) is 0 Å². The van der Waals surface area contributed by atoms with Crippen LogP contribution in [-0.2, 0) is 10.3 Å². The molecule has 1 amide bonds. The number of benzene rings is 3. The molecular weight excluding hydrogens is 438 g/mol. The van der Waals surface area contributed by atoms with Crippen molar-refractivity contribution in [2.24, 2.45) is 5.73 Å². The van der Waals surface area contributed by atoms with Crippen LogP contribution in [0, 0.1) is 0 Å². The van der Waals surface area contributed by atoms with Gasteiger partial charge in [-0.3, -0.25) is 4.79 Å². The lowest BCUT2D eigenvalue weighted by molar-refractivity contribution is -0.110. The van der Waals surface area contributed by atoms with Crippen molar-refractivity contribution in [3.8, 4) is 0 Å². The number of fused-ring (bicyclic) bond motifs is 1. The van der Waals surface area contributed by atoms with E-state index in [4.69, 9.17) is 17.3 Å². The second kappa shape index (κ2) is 9.77. The zero-order valence-corrected chi connectivity index (χ0v) is 18.8.